The van der Waals surface area contributed by atoms with E-state index in [-0.39, 0.29) is 12.3 Å². The van der Waals surface area contributed by atoms with E-state index in [2.05, 4.69) is 38.9 Å². The van der Waals surface area contributed by atoms with Gasteiger partial charge in [-0.3, -0.25) is 0 Å². The van der Waals surface area contributed by atoms with Gasteiger partial charge in [0, 0.05) is 18.2 Å². The fourth-order valence-electron chi connectivity index (χ4n) is 4.27. The monoisotopic (exact) mass is 583 g/mol. The maximum Gasteiger partial charge on any atom is 0.203 e. The van der Waals surface area contributed by atoms with Gasteiger partial charge in [0.15, 0.2) is 23.1 Å². The summed E-state index contributed by atoms with van der Waals surface area (Å²) in [5.74, 6) is 1.76. The molecule has 0 bridgehead atoms. The third-order valence-electron chi connectivity index (χ3n) is 6.40. The van der Waals surface area contributed by atoms with E-state index in [1.807, 2.05) is 19.1 Å². The molecule has 0 spiro atoms. The Hall–Kier alpha value is -4.03. The number of rotatable bonds is 14. The number of ether oxygens (including phenoxy) is 4. The van der Waals surface area contributed by atoms with Crippen LogP contribution in [0.5, 0.6) is 28.7 Å². The molecule has 2 aromatic carbocycles. The first-order valence-corrected chi connectivity index (χ1v) is 14.1. The number of aromatic nitrogens is 2. The highest BCUT2D eigenvalue weighted by Crippen LogP contribution is 2.48. The molecular formula is C29H34FN5O5S. The smallest absolute Gasteiger partial charge is 0.203 e. The standard InChI is InChI=1S/C29H34FN5O5S/c1-6-35(7-2)11-12-40-26-22(37-4)13-18(14-23(26)38-5)16-33-34-29-28-24(31-17-32-29)25(36)27(41-28)20-10-9-19(30)15-21(20)39-8-3/h9-10,13-15,17,36H,6-8,11-12,16H2,1-5H3. The molecule has 4 rings (SSSR count). The molecule has 10 nitrogen and oxygen atoms in total. The van der Waals surface area contributed by atoms with Crippen molar-refractivity contribution < 1.29 is 28.4 Å². The Kier molecular flexibility index (Phi) is 10.3. The number of methoxy groups -OCH3 is 2. The average molecular weight is 584 g/mol. The Morgan fingerprint density at radius 3 is 2.37 bits per heavy atom. The molecular weight excluding hydrogens is 549 g/mol. The first-order chi connectivity index (χ1) is 19.9. The largest absolute Gasteiger partial charge is 0.504 e. The first-order valence-electron chi connectivity index (χ1n) is 13.3. The van der Waals surface area contributed by atoms with Crippen LogP contribution in [-0.2, 0) is 6.54 Å². The summed E-state index contributed by atoms with van der Waals surface area (Å²) in [7, 11) is 3.15. The lowest BCUT2D eigenvalue weighted by atomic mass is 10.1. The quantitative estimate of drug-likeness (QED) is 0.165. The van der Waals surface area contributed by atoms with Gasteiger partial charge in [-0.15, -0.1) is 16.5 Å². The minimum absolute atomic E-state index is 0.0533. The second-order valence-corrected chi connectivity index (χ2v) is 9.85. The van der Waals surface area contributed by atoms with Gasteiger partial charge in [-0.2, -0.15) is 5.11 Å². The lowest BCUT2D eigenvalue weighted by molar-refractivity contribution is 0.211. The SMILES string of the molecule is CCOc1cc(F)ccc1-c1sc2c(N=NCc3cc(OC)c(OCCN(CC)CC)c(OC)c3)ncnc2c1O. The number of hydrogen-bond acceptors (Lipinski definition) is 11. The molecule has 0 saturated heterocycles. The summed E-state index contributed by atoms with van der Waals surface area (Å²) >= 11 is 1.23. The number of likely N-dealkylation sites (N-methyl/N-ethyl adjacent to an activating group) is 1. The first kappa shape index (κ1) is 29.9. The van der Waals surface area contributed by atoms with Crippen molar-refractivity contribution in [3.63, 3.8) is 0 Å². The molecule has 0 aliphatic rings. The zero-order chi connectivity index (χ0) is 29.4. The maximum absolute atomic E-state index is 13.8. The Labute approximate surface area is 242 Å². The predicted molar refractivity (Wildman–Crippen MR) is 157 cm³/mol. The molecule has 0 fully saturated rings. The third kappa shape index (κ3) is 6.83. The Morgan fingerprint density at radius 1 is 0.976 bits per heavy atom. The normalized spacial score (nSPS) is 11.5. The molecule has 4 aromatic rings. The molecule has 218 valence electrons. The predicted octanol–water partition coefficient (Wildman–Crippen LogP) is 6.62. The van der Waals surface area contributed by atoms with E-state index in [1.54, 1.807) is 20.3 Å². The van der Waals surface area contributed by atoms with Crippen molar-refractivity contribution in [2.24, 2.45) is 10.2 Å². The highest BCUT2D eigenvalue weighted by atomic mass is 32.1. The van der Waals surface area contributed by atoms with Crippen molar-refractivity contribution in [1.29, 1.82) is 0 Å². The Morgan fingerprint density at radius 2 is 1.71 bits per heavy atom. The highest BCUT2D eigenvalue weighted by Gasteiger charge is 2.21. The summed E-state index contributed by atoms with van der Waals surface area (Å²) in [5, 5.41) is 19.6. The molecule has 0 unspecified atom stereocenters. The van der Waals surface area contributed by atoms with E-state index < -0.39 is 5.82 Å². The number of thiophene rings is 1. The Bertz CT molecular complexity index is 1480. The number of hydrogen-bond donors (Lipinski definition) is 1. The molecule has 12 heteroatoms. The minimum Gasteiger partial charge on any atom is -0.504 e. The molecule has 0 aliphatic carbocycles. The summed E-state index contributed by atoms with van der Waals surface area (Å²) in [5.41, 5.74) is 1.68. The number of fused-ring (bicyclic) bond motifs is 1. The van der Waals surface area contributed by atoms with Gasteiger partial charge in [-0.25, -0.2) is 14.4 Å². The van der Waals surface area contributed by atoms with Crippen molar-refractivity contribution in [2.45, 2.75) is 27.3 Å². The molecule has 2 heterocycles. The average Bonchev–Trinajstić information content (AvgIpc) is 3.32. The lowest BCUT2D eigenvalue weighted by Gasteiger charge is -2.20. The summed E-state index contributed by atoms with van der Waals surface area (Å²) in [6, 6.07) is 7.85. The number of azo groups is 1. The second-order valence-electron chi connectivity index (χ2n) is 8.83. The van der Waals surface area contributed by atoms with Crippen LogP contribution in [0.4, 0.5) is 10.2 Å². The van der Waals surface area contributed by atoms with Gasteiger partial charge in [0.1, 0.15) is 34.7 Å². The maximum atomic E-state index is 13.8. The van der Waals surface area contributed by atoms with Crippen LogP contribution in [0.2, 0.25) is 0 Å². The van der Waals surface area contributed by atoms with Crippen LogP contribution in [0.1, 0.15) is 26.3 Å². The van der Waals surface area contributed by atoms with Crippen LogP contribution < -0.4 is 18.9 Å². The number of aromatic hydroxyl groups is 1. The van der Waals surface area contributed by atoms with Crippen LogP contribution in [0, 0.1) is 5.82 Å². The fourth-order valence-corrected chi connectivity index (χ4v) is 5.37. The minimum atomic E-state index is -0.431. The molecule has 0 saturated carbocycles. The van der Waals surface area contributed by atoms with E-state index >= 15 is 0 Å². The summed E-state index contributed by atoms with van der Waals surface area (Å²) in [4.78, 5) is 11.2. The van der Waals surface area contributed by atoms with E-state index in [4.69, 9.17) is 18.9 Å². The number of halogens is 1. The zero-order valence-corrected chi connectivity index (χ0v) is 24.6. The van der Waals surface area contributed by atoms with Crippen molar-refractivity contribution in [1.82, 2.24) is 14.9 Å². The van der Waals surface area contributed by atoms with Gasteiger partial charge in [0.2, 0.25) is 5.75 Å². The molecule has 1 N–H and O–H groups in total. The van der Waals surface area contributed by atoms with Gasteiger partial charge in [0.25, 0.3) is 0 Å². The summed E-state index contributed by atoms with van der Waals surface area (Å²) in [6.07, 6.45) is 1.32. The topological polar surface area (TPSA) is 111 Å². The van der Waals surface area contributed by atoms with Crippen LogP contribution >= 0.6 is 11.3 Å². The van der Waals surface area contributed by atoms with Crippen LogP contribution in [0.25, 0.3) is 20.7 Å². The lowest BCUT2D eigenvalue weighted by Crippen LogP contribution is -2.28. The van der Waals surface area contributed by atoms with Crippen molar-refractivity contribution in [2.75, 3.05) is 47.1 Å². The van der Waals surface area contributed by atoms with E-state index in [1.165, 1.54) is 29.8 Å². The van der Waals surface area contributed by atoms with Crippen LogP contribution in [0.15, 0.2) is 46.9 Å². The van der Waals surface area contributed by atoms with Gasteiger partial charge in [-0.1, -0.05) is 13.8 Å². The van der Waals surface area contributed by atoms with Crippen molar-refractivity contribution in [3.8, 4) is 39.2 Å². The summed E-state index contributed by atoms with van der Waals surface area (Å²) < 4.78 is 37.2. The molecule has 0 atom stereocenters. The number of benzene rings is 2. The third-order valence-corrected chi connectivity index (χ3v) is 7.60. The van der Waals surface area contributed by atoms with E-state index in [0.717, 1.165) is 25.2 Å². The zero-order valence-electron chi connectivity index (χ0n) is 23.8. The van der Waals surface area contributed by atoms with E-state index in [9.17, 15) is 9.50 Å². The van der Waals surface area contributed by atoms with Gasteiger partial charge >= 0.3 is 0 Å². The van der Waals surface area contributed by atoms with Crippen LogP contribution in [-0.4, -0.2) is 67.0 Å². The second kappa shape index (κ2) is 14.0. The van der Waals surface area contributed by atoms with E-state index in [0.29, 0.717) is 62.7 Å². The van der Waals surface area contributed by atoms with Crippen LogP contribution in [0.3, 0.4) is 0 Å². The summed E-state index contributed by atoms with van der Waals surface area (Å²) in [6.45, 7) is 9.79. The molecule has 0 aliphatic heterocycles. The molecule has 41 heavy (non-hydrogen) atoms. The van der Waals surface area contributed by atoms with Crippen molar-refractivity contribution in [3.05, 3.63) is 48.0 Å². The molecule has 2 aromatic heterocycles. The van der Waals surface area contributed by atoms with Crippen molar-refractivity contribution >= 4 is 27.4 Å². The number of nitrogens with zero attached hydrogens (tertiary/aromatic N) is 5. The fraction of sp³-hybridized carbons (Fsp3) is 0.379. The van der Waals surface area contributed by atoms with Gasteiger partial charge in [0.05, 0.1) is 32.2 Å². The Balaban J connectivity index is 1.58. The molecule has 0 amide bonds. The highest BCUT2D eigenvalue weighted by molar-refractivity contribution is 7.23. The van der Waals surface area contributed by atoms with Gasteiger partial charge < -0.3 is 29.0 Å². The molecule has 0 radical (unpaired) electrons. The van der Waals surface area contributed by atoms with Gasteiger partial charge in [-0.05, 0) is 49.8 Å².